The fourth-order valence-electron chi connectivity index (χ4n) is 1.86. The van der Waals surface area contributed by atoms with Gasteiger partial charge in [0.05, 0.1) is 10.6 Å². The van der Waals surface area contributed by atoms with Gasteiger partial charge in [0.1, 0.15) is 0 Å². The van der Waals surface area contributed by atoms with Gasteiger partial charge >= 0.3 is 0 Å². The van der Waals surface area contributed by atoms with Crippen LogP contribution < -0.4 is 10.6 Å². The van der Waals surface area contributed by atoms with Crippen LogP contribution in [0.15, 0.2) is 35.0 Å². The molecule has 0 fully saturated rings. The van der Waals surface area contributed by atoms with Crippen molar-refractivity contribution in [1.29, 1.82) is 0 Å². The zero-order chi connectivity index (χ0) is 16.8. The predicted molar refractivity (Wildman–Crippen MR) is 87.7 cm³/mol. The van der Waals surface area contributed by atoms with Gasteiger partial charge in [-0.3, -0.25) is 19.7 Å². The van der Waals surface area contributed by atoms with Gasteiger partial charge in [-0.25, -0.2) is 0 Å². The van der Waals surface area contributed by atoms with Crippen molar-refractivity contribution in [2.45, 2.75) is 13.3 Å². The normalized spacial score (nSPS) is 10.1. The molecule has 0 aliphatic carbocycles. The number of nitro benzene ring substituents is 1. The number of non-ortho nitro benzene ring substituents is 1. The van der Waals surface area contributed by atoms with E-state index in [1.54, 1.807) is 29.8 Å². The van der Waals surface area contributed by atoms with E-state index in [0.717, 1.165) is 5.56 Å². The average molecular weight is 333 g/mol. The Hall–Kier alpha value is -2.74. The molecule has 0 spiro atoms. The van der Waals surface area contributed by atoms with Crippen LogP contribution in [0.3, 0.4) is 0 Å². The van der Waals surface area contributed by atoms with Crippen LogP contribution in [0.2, 0.25) is 0 Å². The summed E-state index contributed by atoms with van der Waals surface area (Å²) in [5.74, 6) is -0.551. The maximum Gasteiger partial charge on any atom is 0.271 e. The lowest BCUT2D eigenvalue weighted by molar-refractivity contribution is -0.384. The number of nitro groups is 1. The summed E-state index contributed by atoms with van der Waals surface area (Å²) in [4.78, 5) is 33.8. The second-order valence-electron chi connectivity index (χ2n) is 4.82. The molecular weight excluding hydrogens is 318 g/mol. The van der Waals surface area contributed by atoms with Gasteiger partial charge in [0.25, 0.3) is 11.6 Å². The summed E-state index contributed by atoms with van der Waals surface area (Å²) in [5, 5.41) is 19.5. The van der Waals surface area contributed by atoms with Gasteiger partial charge in [-0.2, -0.15) is 11.3 Å². The predicted octanol–water partition coefficient (Wildman–Crippen LogP) is 2.72. The first-order chi connectivity index (χ1) is 11.0. The molecule has 1 heterocycles. The minimum absolute atomic E-state index is 0.0814. The molecular formula is C15H15N3O4S. The van der Waals surface area contributed by atoms with Crippen molar-refractivity contribution in [2.24, 2.45) is 0 Å². The first-order valence-corrected chi connectivity index (χ1v) is 7.77. The molecule has 23 heavy (non-hydrogen) atoms. The number of nitrogens with zero attached hydrogens (tertiary/aromatic N) is 1. The van der Waals surface area contributed by atoms with Crippen LogP contribution in [-0.4, -0.2) is 23.3 Å². The van der Waals surface area contributed by atoms with Gasteiger partial charge < -0.3 is 10.6 Å². The summed E-state index contributed by atoms with van der Waals surface area (Å²) in [7, 11) is 0. The zero-order valence-corrected chi connectivity index (χ0v) is 13.2. The summed E-state index contributed by atoms with van der Waals surface area (Å²) in [6, 6.07) is 5.97. The lowest BCUT2D eigenvalue weighted by Crippen LogP contribution is -2.27. The Morgan fingerprint density at radius 1 is 1.30 bits per heavy atom. The van der Waals surface area contributed by atoms with E-state index in [0.29, 0.717) is 11.3 Å². The number of carbonyl (C=O) groups is 2. The number of amides is 2. The molecule has 0 saturated heterocycles. The Morgan fingerprint density at radius 3 is 2.74 bits per heavy atom. The molecule has 0 saturated carbocycles. The first kappa shape index (κ1) is 16.6. The topological polar surface area (TPSA) is 101 Å². The van der Waals surface area contributed by atoms with E-state index in [4.69, 9.17) is 0 Å². The molecule has 2 aromatic rings. The molecule has 8 heteroatoms. The highest BCUT2D eigenvalue weighted by Gasteiger charge is 2.11. The van der Waals surface area contributed by atoms with E-state index in [2.05, 4.69) is 10.6 Å². The van der Waals surface area contributed by atoms with Gasteiger partial charge in [0, 0.05) is 36.0 Å². The number of nitrogens with one attached hydrogen (secondary N) is 2. The Kier molecular flexibility index (Phi) is 5.42. The number of hydrogen-bond donors (Lipinski definition) is 2. The quantitative estimate of drug-likeness (QED) is 0.627. The molecule has 0 aliphatic rings. The lowest BCUT2D eigenvalue weighted by atomic mass is 10.1. The van der Waals surface area contributed by atoms with Crippen LogP contribution in [0, 0.1) is 17.0 Å². The van der Waals surface area contributed by atoms with Gasteiger partial charge in [-0.1, -0.05) is 6.07 Å². The van der Waals surface area contributed by atoms with E-state index in [1.807, 2.05) is 0 Å². The van der Waals surface area contributed by atoms with Crippen LogP contribution >= 0.6 is 11.3 Å². The monoisotopic (exact) mass is 333 g/mol. The number of thiophene rings is 1. The fraction of sp³-hybridized carbons (Fsp3) is 0.200. The average Bonchev–Trinajstić information content (AvgIpc) is 3.03. The van der Waals surface area contributed by atoms with Crippen molar-refractivity contribution >= 4 is 34.5 Å². The fourth-order valence-corrected chi connectivity index (χ4v) is 2.49. The van der Waals surface area contributed by atoms with Crippen LogP contribution in [-0.2, 0) is 4.79 Å². The third-order valence-electron chi connectivity index (χ3n) is 3.13. The Balaban J connectivity index is 1.86. The van der Waals surface area contributed by atoms with Gasteiger partial charge in [0.2, 0.25) is 5.91 Å². The molecule has 0 radical (unpaired) electrons. The Labute approximate surface area is 136 Å². The van der Waals surface area contributed by atoms with Gasteiger partial charge in [-0.05, 0) is 23.9 Å². The molecule has 0 atom stereocenters. The highest BCUT2D eigenvalue weighted by Crippen LogP contribution is 2.21. The second kappa shape index (κ2) is 7.50. The second-order valence-corrected chi connectivity index (χ2v) is 5.60. The van der Waals surface area contributed by atoms with Crippen LogP contribution in [0.25, 0.3) is 0 Å². The van der Waals surface area contributed by atoms with E-state index < -0.39 is 4.92 Å². The van der Waals surface area contributed by atoms with Crippen molar-refractivity contribution < 1.29 is 14.5 Å². The standard InChI is InChI=1S/C15H15N3O4S/c1-10-2-3-12(18(21)22)8-13(10)17-14(19)4-6-16-15(20)11-5-7-23-9-11/h2-3,5,7-9H,4,6H2,1H3,(H,16,20)(H,17,19). The van der Waals surface area contributed by atoms with Crippen molar-refractivity contribution in [3.8, 4) is 0 Å². The third kappa shape index (κ3) is 4.62. The lowest BCUT2D eigenvalue weighted by Gasteiger charge is -2.08. The maximum atomic E-state index is 11.9. The first-order valence-electron chi connectivity index (χ1n) is 6.82. The molecule has 7 nitrogen and oxygen atoms in total. The largest absolute Gasteiger partial charge is 0.351 e. The molecule has 0 bridgehead atoms. The van der Waals surface area contributed by atoms with Crippen LogP contribution in [0.4, 0.5) is 11.4 Å². The number of anilines is 1. The maximum absolute atomic E-state index is 11.9. The minimum atomic E-state index is -0.518. The molecule has 120 valence electrons. The van der Waals surface area contributed by atoms with Crippen LogP contribution in [0.1, 0.15) is 22.3 Å². The van der Waals surface area contributed by atoms with Crippen molar-refractivity contribution in [3.63, 3.8) is 0 Å². The van der Waals surface area contributed by atoms with Crippen molar-refractivity contribution in [3.05, 3.63) is 56.3 Å². The number of rotatable bonds is 6. The summed E-state index contributed by atoms with van der Waals surface area (Å²) in [5.41, 5.74) is 1.60. The molecule has 2 rings (SSSR count). The minimum Gasteiger partial charge on any atom is -0.351 e. The molecule has 0 aliphatic heterocycles. The summed E-state index contributed by atoms with van der Waals surface area (Å²) >= 11 is 1.42. The molecule has 1 aromatic heterocycles. The van der Waals surface area contributed by atoms with Crippen molar-refractivity contribution in [1.82, 2.24) is 5.32 Å². The van der Waals surface area contributed by atoms with Crippen LogP contribution in [0.5, 0.6) is 0 Å². The molecule has 1 aromatic carbocycles. The molecule has 2 N–H and O–H groups in total. The van der Waals surface area contributed by atoms with E-state index >= 15 is 0 Å². The summed E-state index contributed by atoms with van der Waals surface area (Å²) in [6.45, 7) is 1.94. The van der Waals surface area contributed by atoms with Crippen molar-refractivity contribution in [2.75, 3.05) is 11.9 Å². The zero-order valence-electron chi connectivity index (χ0n) is 12.4. The molecule has 2 amide bonds. The number of aryl methyl sites for hydroxylation is 1. The highest BCUT2D eigenvalue weighted by molar-refractivity contribution is 7.08. The summed E-state index contributed by atoms with van der Waals surface area (Å²) in [6.07, 6.45) is 0.0814. The Bertz CT molecular complexity index is 728. The molecule has 0 unspecified atom stereocenters. The summed E-state index contributed by atoms with van der Waals surface area (Å²) < 4.78 is 0. The SMILES string of the molecule is Cc1ccc([N+](=O)[O-])cc1NC(=O)CCNC(=O)c1ccsc1. The smallest absolute Gasteiger partial charge is 0.271 e. The van der Waals surface area contributed by atoms with E-state index in [9.17, 15) is 19.7 Å². The Morgan fingerprint density at radius 2 is 2.09 bits per heavy atom. The third-order valence-corrected chi connectivity index (χ3v) is 3.81. The number of benzene rings is 1. The van der Waals surface area contributed by atoms with Gasteiger partial charge in [0.15, 0.2) is 0 Å². The van der Waals surface area contributed by atoms with E-state index in [1.165, 1.54) is 23.5 Å². The highest BCUT2D eigenvalue weighted by atomic mass is 32.1. The van der Waals surface area contributed by atoms with Gasteiger partial charge in [-0.15, -0.1) is 0 Å². The number of carbonyl (C=O) groups excluding carboxylic acids is 2. The number of hydrogen-bond acceptors (Lipinski definition) is 5. The van der Waals surface area contributed by atoms with E-state index in [-0.39, 0.29) is 30.5 Å².